The number of aliphatic imine (C=N–C) groups is 1. The molecule has 1 unspecified atom stereocenters. The Kier molecular flexibility index (Phi) is 8.45. The van der Waals surface area contributed by atoms with Crippen molar-refractivity contribution < 1.29 is 14.3 Å². The van der Waals surface area contributed by atoms with Gasteiger partial charge in [0, 0.05) is 7.05 Å². The lowest BCUT2D eigenvalue weighted by atomic mass is 10.1. The number of benzene rings is 1. The Morgan fingerprint density at radius 1 is 1.24 bits per heavy atom. The van der Waals surface area contributed by atoms with Gasteiger partial charge in [-0.1, -0.05) is 6.07 Å². The molecule has 8 heteroatoms. The van der Waals surface area contributed by atoms with Crippen molar-refractivity contribution >= 4 is 23.3 Å². The number of nitrogens with one attached hydrogen (secondary N) is 2. The molecule has 0 spiro atoms. The summed E-state index contributed by atoms with van der Waals surface area (Å²) in [6.07, 6.45) is 0. The van der Waals surface area contributed by atoms with E-state index in [4.69, 9.17) is 9.47 Å². The van der Waals surface area contributed by atoms with Crippen molar-refractivity contribution in [1.29, 1.82) is 0 Å². The van der Waals surface area contributed by atoms with Gasteiger partial charge in [0.25, 0.3) is 0 Å². The molecule has 2 N–H and O–H groups in total. The maximum Gasteiger partial charge on any atom is 0.350 e. The molecule has 1 heterocycles. The molecule has 1 aromatic heterocycles. The molecule has 1 aromatic carbocycles. The summed E-state index contributed by atoms with van der Waals surface area (Å²) in [5, 5.41) is 7.33. The van der Waals surface area contributed by atoms with E-state index in [1.54, 1.807) is 14.0 Å². The molecule has 0 fully saturated rings. The highest BCUT2D eigenvalue weighted by Crippen LogP contribution is 2.24. The van der Waals surface area contributed by atoms with E-state index in [1.807, 2.05) is 26.0 Å². The van der Waals surface area contributed by atoms with Crippen molar-refractivity contribution in [3.05, 3.63) is 44.9 Å². The van der Waals surface area contributed by atoms with Crippen LogP contribution in [-0.2, 0) is 4.74 Å². The minimum Gasteiger partial charge on any atom is -0.492 e. The fourth-order valence-electron chi connectivity index (χ4n) is 2.80. The van der Waals surface area contributed by atoms with Crippen LogP contribution in [-0.4, -0.2) is 43.7 Å². The van der Waals surface area contributed by atoms with Crippen LogP contribution < -0.4 is 15.4 Å². The van der Waals surface area contributed by atoms with Crippen LogP contribution in [0.3, 0.4) is 0 Å². The summed E-state index contributed by atoms with van der Waals surface area (Å²) < 4.78 is 10.9. The van der Waals surface area contributed by atoms with Crippen LogP contribution in [0.15, 0.2) is 23.2 Å². The fourth-order valence-corrected chi connectivity index (χ4v) is 3.77. The van der Waals surface area contributed by atoms with Gasteiger partial charge in [-0.2, -0.15) is 0 Å². The summed E-state index contributed by atoms with van der Waals surface area (Å²) in [5.74, 6) is 1.18. The van der Waals surface area contributed by atoms with Crippen molar-refractivity contribution in [1.82, 2.24) is 15.6 Å². The molecule has 7 nitrogen and oxygen atoms in total. The molecule has 2 aromatic rings. The predicted octanol–water partition coefficient (Wildman–Crippen LogP) is 3.55. The van der Waals surface area contributed by atoms with E-state index in [0.717, 1.165) is 10.8 Å². The average Bonchev–Trinajstić information content (AvgIpc) is 3.05. The number of esters is 1. The molecule has 0 aliphatic heterocycles. The first-order valence-corrected chi connectivity index (χ1v) is 10.5. The third-order valence-electron chi connectivity index (χ3n) is 4.08. The van der Waals surface area contributed by atoms with E-state index >= 15 is 0 Å². The Morgan fingerprint density at radius 3 is 2.55 bits per heavy atom. The molecule has 0 radical (unpaired) electrons. The highest BCUT2D eigenvalue weighted by atomic mass is 32.1. The molecule has 0 saturated carbocycles. The van der Waals surface area contributed by atoms with Gasteiger partial charge in [0.2, 0.25) is 0 Å². The third kappa shape index (κ3) is 6.74. The maximum atomic E-state index is 12.0. The maximum absolute atomic E-state index is 12.0. The minimum atomic E-state index is -0.327. The first-order valence-electron chi connectivity index (χ1n) is 9.66. The van der Waals surface area contributed by atoms with Crippen molar-refractivity contribution in [2.45, 2.75) is 40.7 Å². The van der Waals surface area contributed by atoms with Crippen LogP contribution in [0.5, 0.6) is 5.75 Å². The lowest BCUT2D eigenvalue weighted by Crippen LogP contribution is -2.40. The normalized spacial score (nSPS) is 12.4. The zero-order chi connectivity index (χ0) is 21.4. The molecule has 0 aliphatic carbocycles. The van der Waals surface area contributed by atoms with Gasteiger partial charge in [0.15, 0.2) is 5.96 Å². The van der Waals surface area contributed by atoms with Crippen LogP contribution in [0.25, 0.3) is 0 Å². The number of nitrogens with zero attached hydrogens (tertiary/aromatic N) is 2. The number of carbonyl (C=O) groups is 1. The zero-order valence-corrected chi connectivity index (χ0v) is 18.8. The standard InChI is InChI=1S/C21H30N4O3S/c1-7-27-20(26)18-15(4)24-19(29-18)16(5)25-21(22-6)23-8-9-28-17-11-13(2)10-14(3)12-17/h10-12,16H,7-9H2,1-6H3,(H2,22,23,25). The largest absolute Gasteiger partial charge is 0.492 e. The molecular weight excluding hydrogens is 388 g/mol. The summed E-state index contributed by atoms with van der Waals surface area (Å²) in [5.41, 5.74) is 3.04. The van der Waals surface area contributed by atoms with Gasteiger partial charge in [0.1, 0.15) is 22.2 Å². The Bertz CT molecular complexity index is 843. The summed E-state index contributed by atoms with van der Waals surface area (Å²) in [6.45, 7) is 11.2. The molecule has 0 amide bonds. The Balaban J connectivity index is 1.86. The van der Waals surface area contributed by atoms with E-state index in [-0.39, 0.29) is 12.0 Å². The number of hydrogen-bond acceptors (Lipinski definition) is 6. The first-order chi connectivity index (χ1) is 13.8. The zero-order valence-electron chi connectivity index (χ0n) is 18.0. The SMILES string of the molecule is CCOC(=O)c1sc(C(C)NC(=NC)NCCOc2cc(C)cc(C)c2)nc1C. The summed E-state index contributed by atoms with van der Waals surface area (Å²) in [6, 6.07) is 6.06. The number of ether oxygens (including phenoxy) is 2. The van der Waals surface area contributed by atoms with Gasteiger partial charge in [0.05, 0.1) is 24.9 Å². The van der Waals surface area contributed by atoms with Gasteiger partial charge in [-0.05, 0) is 57.9 Å². The fraction of sp³-hybridized carbons (Fsp3) is 0.476. The van der Waals surface area contributed by atoms with E-state index in [1.165, 1.54) is 22.5 Å². The summed E-state index contributed by atoms with van der Waals surface area (Å²) in [4.78, 5) is 21.3. The number of carbonyl (C=O) groups excluding carboxylic acids is 1. The highest BCUT2D eigenvalue weighted by Gasteiger charge is 2.20. The Labute approximate surface area is 176 Å². The Morgan fingerprint density at radius 2 is 1.93 bits per heavy atom. The molecule has 29 heavy (non-hydrogen) atoms. The van der Waals surface area contributed by atoms with Crippen LogP contribution in [0, 0.1) is 20.8 Å². The van der Waals surface area contributed by atoms with Crippen LogP contribution in [0.4, 0.5) is 0 Å². The van der Waals surface area contributed by atoms with E-state index in [9.17, 15) is 4.79 Å². The number of aromatic nitrogens is 1. The monoisotopic (exact) mass is 418 g/mol. The predicted molar refractivity (Wildman–Crippen MR) is 117 cm³/mol. The van der Waals surface area contributed by atoms with E-state index in [2.05, 4.69) is 40.5 Å². The summed E-state index contributed by atoms with van der Waals surface area (Å²) in [7, 11) is 1.71. The highest BCUT2D eigenvalue weighted by molar-refractivity contribution is 7.13. The molecular formula is C21H30N4O3S. The third-order valence-corrected chi connectivity index (χ3v) is 5.40. The van der Waals surface area contributed by atoms with Crippen molar-refractivity contribution in [2.24, 2.45) is 4.99 Å². The molecule has 0 saturated heterocycles. The van der Waals surface area contributed by atoms with E-state index in [0.29, 0.717) is 36.3 Å². The van der Waals surface area contributed by atoms with Crippen LogP contribution in [0.2, 0.25) is 0 Å². The van der Waals surface area contributed by atoms with Gasteiger partial charge < -0.3 is 20.1 Å². The molecule has 158 valence electrons. The van der Waals surface area contributed by atoms with Crippen molar-refractivity contribution in [3.63, 3.8) is 0 Å². The van der Waals surface area contributed by atoms with E-state index < -0.39 is 0 Å². The Hall–Kier alpha value is -2.61. The van der Waals surface area contributed by atoms with Crippen molar-refractivity contribution in [3.8, 4) is 5.75 Å². The molecule has 2 rings (SSSR count). The summed E-state index contributed by atoms with van der Waals surface area (Å²) >= 11 is 1.34. The minimum absolute atomic E-state index is 0.103. The van der Waals surface area contributed by atoms with Gasteiger partial charge in [-0.25, -0.2) is 9.78 Å². The molecule has 1 atom stereocenters. The number of aryl methyl sites for hydroxylation is 3. The number of hydrogen-bond donors (Lipinski definition) is 2. The van der Waals surface area contributed by atoms with Gasteiger partial charge >= 0.3 is 5.97 Å². The second kappa shape index (κ2) is 10.8. The van der Waals surface area contributed by atoms with Crippen LogP contribution >= 0.6 is 11.3 Å². The number of guanidine groups is 1. The number of thiazole rings is 1. The quantitative estimate of drug-likeness (QED) is 0.295. The smallest absolute Gasteiger partial charge is 0.350 e. The van der Waals surface area contributed by atoms with Gasteiger partial charge in [-0.15, -0.1) is 11.3 Å². The van der Waals surface area contributed by atoms with Gasteiger partial charge in [-0.3, -0.25) is 4.99 Å². The molecule has 0 bridgehead atoms. The lowest BCUT2D eigenvalue weighted by molar-refractivity contribution is 0.0531. The first kappa shape index (κ1) is 22.7. The van der Waals surface area contributed by atoms with Crippen LogP contribution in [0.1, 0.15) is 51.4 Å². The molecule has 0 aliphatic rings. The van der Waals surface area contributed by atoms with Crippen molar-refractivity contribution in [2.75, 3.05) is 26.8 Å². The number of rotatable bonds is 8. The second-order valence-corrected chi connectivity index (χ2v) is 7.75. The average molecular weight is 419 g/mol. The second-order valence-electron chi connectivity index (χ2n) is 6.72. The topological polar surface area (TPSA) is 84.8 Å². The lowest BCUT2D eigenvalue weighted by Gasteiger charge is -2.16.